The van der Waals surface area contributed by atoms with Gasteiger partial charge in [-0.05, 0) is 31.2 Å². The van der Waals surface area contributed by atoms with Crippen LogP contribution in [0.3, 0.4) is 0 Å². The van der Waals surface area contributed by atoms with E-state index in [2.05, 4.69) is 25.2 Å². The second-order valence-corrected chi connectivity index (χ2v) is 6.34. The molecule has 0 amide bonds. The van der Waals surface area contributed by atoms with Crippen LogP contribution in [0, 0.1) is 5.92 Å². The lowest BCUT2D eigenvalue weighted by atomic mass is 10.1. The molecule has 0 spiro atoms. The lowest BCUT2D eigenvalue weighted by Gasteiger charge is -2.18. The summed E-state index contributed by atoms with van der Waals surface area (Å²) in [6.45, 7) is 6.04. The van der Waals surface area contributed by atoms with E-state index in [9.17, 15) is 0 Å². The quantitative estimate of drug-likeness (QED) is 0.780. The number of ether oxygens (including phenoxy) is 2. The molecule has 0 heterocycles. The second kappa shape index (κ2) is 8.28. The summed E-state index contributed by atoms with van der Waals surface area (Å²) in [4.78, 5) is 0. The summed E-state index contributed by atoms with van der Waals surface area (Å²) in [5.74, 6) is 2.40. The van der Waals surface area contributed by atoms with Crippen molar-refractivity contribution in [3.63, 3.8) is 0 Å². The Hall–Kier alpha value is -1.22. The molecular weight excluding hydrogens is 262 g/mol. The highest BCUT2D eigenvalue weighted by molar-refractivity contribution is 5.46. The van der Waals surface area contributed by atoms with Crippen LogP contribution >= 0.6 is 0 Å². The third-order valence-electron chi connectivity index (χ3n) is 4.16. The first-order chi connectivity index (χ1) is 10.2. The van der Waals surface area contributed by atoms with E-state index in [1.807, 2.05) is 12.1 Å². The molecule has 118 valence electrons. The smallest absolute Gasteiger partial charge is 0.165 e. The summed E-state index contributed by atoms with van der Waals surface area (Å²) in [6, 6.07) is 6.82. The molecule has 2 rings (SSSR count). The number of nitrogens with one attached hydrogen (secondary N) is 1. The molecule has 1 saturated carbocycles. The SMILES string of the molecule is COc1cccc(CNC2CCCC2)c1OCCC(C)C. The fourth-order valence-electron chi connectivity index (χ4n) is 2.81. The summed E-state index contributed by atoms with van der Waals surface area (Å²) >= 11 is 0. The number of hydrogen-bond acceptors (Lipinski definition) is 3. The van der Waals surface area contributed by atoms with E-state index in [0.717, 1.165) is 31.1 Å². The first-order valence-corrected chi connectivity index (χ1v) is 8.22. The summed E-state index contributed by atoms with van der Waals surface area (Å²) in [5, 5.41) is 3.65. The van der Waals surface area contributed by atoms with Gasteiger partial charge in [0, 0.05) is 18.2 Å². The van der Waals surface area contributed by atoms with Crippen molar-refractivity contribution in [1.29, 1.82) is 0 Å². The van der Waals surface area contributed by atoms with Crippen LogP contribution in [0.4, 0.5) is 0 Å². The molecular formula is C18H29NO2. The van der Waals surface area contributed by atoms with Crippen LogP contribution in [-0.2, 0) is 6.54 Å². The van der Waals surface area contributed by atoms with Crippen molar-refractivity contribution in [2.75, 3.05) is 13.7 Å². The van der Waals surface area contributed by atoms with Crippen molar-refractivity contribution in [1.82, 2.24) is 5.32 Å². The largest absolute Gasteiger partial charge is 0.493 e. The van der Waals surface area contributed by atoms with Gasteiger partial charge >= 0.3 is 0 Å². The van der Waals surface area contributed by atoms with Crippen molar-refractivity contribution >= 4 is 0 Å². The molecule has 0 aromatic heterocycles. The van der Waals surface area contributed by atoms with Gasteiger partial charge in [0.25, 0.3) is 0 Å². The lowest BCUT2D eigenvalue weighted by molar-refractivity contribution is 0.269. The molecule has 0 atom stereocenters. The van der Waals surface area contributed by atoms with Gasteiger partial charge in [0.15, 0.2) is 11.5 Å². The molecule has 1 fully saturated rings. The Labute approximate surface area is 129 Å². The minimum atomic E-state index is 0.653. The van der Waals surface area contributed by atoms with Gasteiger partial charge in [-0.15, -0.1) is 0 Å². The molecule has 3 heteroatoms. The van der Waals surface area contributed by atoms with Gasteiger partial charge in [-0.1, -0.05) is 38.8 Å². The molecule has 1 aromatic rings. The Morgan fingerprint density at radius 2 is 2.00 bits per heavy atom. The van der Waals surface area contributed by atoms with Gasteiger partial charge in [-0.25, -0.2) is 0 Å². The third kappa shape index (κ3) is 4.92. The van der Waals surface area contributed by atoms with Gasteiger partial charge < -0.3 is 14.8 Å². The minimum absolute atomic E-state index is 0.653. The highest BCUT2D eigenvalue weighted by Crippen LogP contribution is 2.32. The molecule has 0 radical (unpaired) electrons. The maximum absolute atomic E-state index is 6.02. The molecule has 1 aliphatic carbocycles. The van der Waals surface area contributed by atoms with Crippen molar-refractivity contribution in [2.45, 2.75) is 58.5 Å². The van der Waals surface area contributed by atoms with Crippen LogP contribution in [0.1, 0.15) is 51.5 Å². The zero-order chi connectivity index (χ0) is 15.1. The maximum atomic E-state index is 6.02. The van der Waals surface area contributed by atoms with Crippen molar-refractivity contribution in [2.24, 2.45) is 5.92 Å². The lowest BCUT2D eigenvalue weighted by Crippen LogP contribution is -2.25. The van der Waals surface area contributed by atoms with Crippen LogP contribution < -0.4 is 14.8 Å². The number of para-hydroxylation sites is 1. The van der Waals surface area contributed by atoms with E-state index in [1.165, 1.54) is 31.2 Å². The van der Waals surface area contributed by atoms with Gasteiger partial charge in [0.1, 0.15) is 0 Å². The van der Waals surface area contributed by atoms with Gasteiger partial charge in [-0.3, -0.25) is 0 Å². The van der Waals surface area contributed by atoms with E-state index in [-0.39, 0.29) is 0 Å². The summed E-state index contributed by atoms with van der Waals surface area (Å²) in [5.41, 5.74) is 1.20. The first kappa shape index (κ1) is 16.2. The number of benzene rings is 1. The molecule has 0 unspecified atom stereocenters. The Morgan fingerprint density at radius 1 is 1.24 bits per heavy atom. The third-order valence-corrected chi connectivity index (χ3v) is 4.16. The van der Waals surface area contributed by atoms with E-state index >= 15 is 0 Å². The van der Waals surface area contributed by atoms with Gasteiger partial charge in [0.05, 0.1) is 13.7 Å². The van der Waals surface area contributed by atoms with Crippen molar-refractivity contribution < 1.29 is 9.47 Å². The average Bonchev–Trinajstić information content (AvgIpc) is 2.98. The summed E-state index contributed by atoms with van der Waals surface area (Å²) < 4.78 is 11.5. The molecule has 21 heavy (non-hydrogen) atoms. The molecule has 1 aromatic carbocycles. The Balaban J connectivity index is 1.99. The standard InChI is InChI=1S/C18H29NO2/c1-14(2)11-12-21-18-15(7-6-10-17(18)20-3)13-19-16-8-4-5-9-16/h6-7,10,14,16,19H,4-5,8-9,11-13H2,1-3H3. The van der Waals surface area contributed by atoms with E-state index in [0.29, 0.717) is 12.0 Å². The normalized spacial score (nSPS) is 15.6. The molecule has 0 bridgehead atoms. The fourth-order valence-corrected chi connectivity index (χ4v) is 2.81. The van der Waals surface area contributed by atoms with Crippen LogP contribution in [0.5, 0.6) is 11.5 Å². The Bertz CT molecular complexity index is 425. The highest BCUT2D eigenvalue weighted by atomic mass is 16.5. The molecule has 1 aliphatic rings. The van der Waals surface area contributed by atoms with Gasteiger partial charge in [0.2, 0.25) is 0 Å². The topological polar surface area (TPSA) is 30.5 Å². The monoisotopic (exact) mass is 291 g/mol. The van der Waals surface area contributed by atoms with Crippen LogP contribution in [0.25, 0.3) is 0 Å². The molecule has 0 aliphatic heterocycles. The molecule has 0 saturated heterocycles. The Kier molecular flexibility index (Phi) is 6.37. The number of hydrogen-bond donors (Lipinski definition) is 1. The minimum Gasteiger partial charge on any atom is -0.493 e. The van der Waals surface area contributed by atoms with Crippen LogP contribution in [0.15, 0.2) is 18.2 Å². The predicted molar refractivity (Wildman–Crippen MR) is 87.0 cm³/mol. The number of rotatable bonds is 8. The number of methoxy groups -OCH3 is 1. The van der Waals surface area contributed by atoms with E-state index in [1.54, 1.807) is 7.11 Å². The van der Waals surface area contributed by atoms with Crippen LogP contribution in [-0.4, -0.2) is 19.8 Å². The zero-order valence-corrected chi connectivity index (χ0v) is 13.7. The van der Waals surface area contributed by atoms with Crippen molar-refractivity contribution in [3.05, 3.63) is 23.8 Å². The highest BCUT2D eigenvalue weighted by Gasteiger charge is 2.16. The van der Waals surface area contributed by atoms with E-state index in [4.69, 9.17) is 9.47 Å². The van der Waals surface area contributed by atoms with Gasteiger partial charge in [-0.2, -0.15) is 0 Å². The van der Waals surface area contributed by atoms with E-state index < -0.39 is 0 Å². The fraction of sp³-hybridized carbons (Fsp3) is 0.667. The second-order valence-electron chi connectivity index (χ2n) is 6.34. The molecule has 3 nitrogen and oxygen atoms in total. The summed E-state index contributed by atoms with van der Waals surface area (Å²) in [6.07, 6.45) is 6.37. The first-order valence-electron chi connectivity index (χ1n) is 8.22. The zero-order valence-electron chi connectivity index (χ0n) is 13.7. The maximum Gasteiger partial charge on any atom is 0.165 e. The Morgan fingerprint density at radius 3 is 2.67 bits per heavy atom. The predicted octanol–water partition coefficient (Wildman–Crippen LogP) is 4.15. The van der Waals surface area contributed by atoms with Crippen molar-refractivity contribution in [3.8, 4) is 11.5 Å². The summed E-state index contributed by atoms with van der Waals surface area (Å²) in [7, 11) is 1.71. The van der Waals surface area contributed by atoms with Crippen LogP contribution in [0.2, 0.25) is 0 Å². The molecule has 1 N–H and O–H groups in total. The average molecular weight is 291 g/mol.